The number of nitrogens with one attached hydrogen (secondary N) is 1. The monoisotopic (exact) mass is 277 g/mol. The molecular weight excluding hydrogens is 254 g/mol. The molecule has 0 aliphatic carbocycles. The highest BCUT2D eigenvalue weighted by atomic mass is 16.5. The van der Waals surface area contributed by atoms with Crippen LogP contribution in [0.15, 0.2) is 18.2 Å². The Kier molecular flexibility index (Phi) is 3.90. The van der Waals surface area contributed by atoms with Crippen molar-refractivity contribution < 1.29 is 9.53 Å². The second kappa shape index (κ2) is 5.32. The van der Waals surface area contributed by atoms with Gasteiger partial charge in [-0.25, -0.2) is 5.84 Å². The molecule has 0 fully saturated rings. The van der Waals surface area contributed by atoms with Crippen LogP contribution in [-0.2, 0) is 4.79 Å². The number of hydrogen-bond acceptors (Lipinski definition) is 4. The van der Waals surface area contributed by atoms with E-state index in [0.717, 1.165) is 17.9 Å². The zero-order chi connectivity index (χ0) is 14.9. The van der Waals surface area contributed by atoms with Crippen molar-refractivity contribution >= 4 is 11.6 Å². The van der Waals surface area contributed by atoms with E-state index in [-0.39, 0.29) is 18.0 Å². The van der Waals surface area contributed by atoms with Crippen LogP contribution in [0, 0.1) is 0 Å². The van der Waals surface area contributed by atoms with E-state index in [4.69, 9.17) is 10.6 Å². The number of anilines is 1. The van der Waals surface area contributed by atoms with Gasteiger partial charge in [0, 0.05) is 5.54 Å². The molecule has 1 amide bonds. The van der Waals surface area contributed by atoms with Gasteiger partial charge < -0.3 is 9.64 Å². The molecular formula is C15H23N3O2. The smallest absolute Gasteiger partial charge is 0.253 e. The molecule has 1 aliphatic heterocycles. The van der Waals surface area contributed by atoms with Crippen LogP contribution in [0.25, 0.3) is 0 Å². The number of carbonyl (C=O) groups excluding carboxylic acids is 1. The second-order valence-corrected chi connectivity index (χ2v) is 5.97. The molecule has 5 nitrogen and oxygen atoms in total. The maximum atomic E-state index is 11.7. The average Bonchev–Trinajstić information content (AvgIpc) is 2.41. The third kappa shape index (κ3) is 2.45. The van der Waals surface area contributed by atoms with Crippen LogP contribution < -0.4 is 20.9 Å². The Morgan fingerprint density at radius 2 is 2.25 bits per heavy atom. The minimum Gasteiger partial charge on any atom is -0.495 e. The number of hydrazine groups is 1. The molecule has 5 heteroatoms. The van der Waals surface area contributed by atoms with E-state index in [0.29, 0.717) is 5.92 Å². The fourth-order valence-corrected chi connectivity index (χ4v) is 3.14. The predicted octanol–water partition coefficient (Wildman–Crippen LogP) is 1.78. The van der Waals surface area contributed by atoms with Crippen molar-refractivity contribution in [2.75, 3.05) is 18.6 Å². The average molecular weight is 277 g/mol. The van der Waals surface area contributed by atoms with Gasteiger partial charge in [-0.1, -0.05) is 19.1 Å². The van der Waals surface area contributed by atoms with Crippen LogP contribution in [0.1, 0.15) is 38.7 Å². The Labute approximate surface area is 120 Å². The van der Waals surface area contributed by atoms with E-state index in [1.54, 1.807) is 7.11 Å². The van der Waals surface area contributed by atoms with Gasteiger partial charge >= 0.3 is 0 Å². The van der Waals surface area contributed by atoms with Crippen LogP contribution in [-0.4, -0.2) is 25.1 Å². The van der Waals surface area contributed by atoms with Gasteiger partial charge in [0.05, 0.1) is 19.3 Å². The number of rotatable bonds is 3. The molecule has 1 aliphatic rings. The number of amides is 1. The summed E-state index contributed by atoms with van der Waals surface area (Å²) in [7, 11) is 1.66. The summed E-state index contributed by atoms with van der Waals surface area (Å²) < 4.78 is 5.50. The van der Waals surface area contributed by atoms with Gasteiger partial charge in [-0.3, -0.25) is 10.2 Å². The lowest BCUT2D eigenvalue weighted by Crippen LogP contribution is -2.53. The van der Waals surface area contributed by atoms with E-state index in [2.05, 4.69) is 37.2 Å². The number of benzene rings is 1. The van der Waals surface area contributed by atoms with E-state index < -0.39 is 0 Å². The summed E-state index contributed by atoms with van der Waals surface area (Å²) >= 11 is 0. The van der Waals surface area contributed by atoms with Crippen molar-refractivity contribution in [1.82, 2.24) is 5.43 Å². The maximum Gasteiger partial charge on any atom is 0.253 e. The maximum absolute atomic E-state index is 11.7. The first-order valence-electron chi connectivity index (χ1n) is 6.84. The summed E-state index contributed by atoms with van der Waals surface area (Å²) in [5.74, 6) is 6.26. The Bertz CT molecular complexity index is 514. The number of carbonyl (C=O) groups is 1. The van der Waals surface area contributed by atoms with Crippen molar-refractivity contribution in [3.63, 3.8) is 0 Å². The Morgan fingerprint density at radius 3 is 2.85 bits per heavy atom. The number of nitrogens with zero attached hydrogens (tertiary/aromatic N) is 1. The minimum absolute atomic E-state index is 0.131. The van der Waals surface area contributed by atoms with Crippen LogP contribution >= 0.6 is 0 Å². The van der Waals surface area contributed by atoms with Crippen LogP contribution in [0.3, 0.4) is 0 Å². The Hall–Kier alpha value is -1.75. The molecule has 1 aromatic rings. The van der Waals surface area contributed by atoms with Crippen molar-refractivity contribution in [1.29, 1.82) is 0 Å². The first kappa shape index (κ1) is 14.7. The fraction of sp³-hybridized carbons (Fsp3) is 0.533. The number of methoxy groups -OCH3 is 1. The largest absolute Gasteiger partial charge is 0.495 e. The third-order valence-corrected chi connectivity index (χ3v) is 4.05. The van der Waals surface area contributed by atoms with Crippen molar-refractivity contribution in [2.45, 2.75) is 38.6 Å². The number of para-hydroxylation sites is 1. The van der Waals surface area contributed by atoms with Gasteiger partial charge in [0.15, 0.2) is 0 Å². The summed E-state index contributed by atoms with van der Waals surface area (Å²) in [6, 6.07) is 6.03. The second-order valence-electron chi connectivity index (χ2n) is 5.97. The van der Waals surface area contributed by atoms with E-state index >= 15 is 0 Å². The van der Waals surface area contributed by atoms with Crippen LogP contribution in [0.4, 0.5) is 5.69 Å². The van der Waals surface area contributed by atoms with Gasteiger partial charge in [-0.05, 0) is 37.8 Å². The van der Waals surface area contributed by atoms with E-state index in [1.165, 1.54) is 5.56 Å². The number of nitrogens with two attached hydrogens (primary N) is 1. The number of fused-ring (bicyclic) bond motifs is 1. The zero-order valence-electron chi connectivity index (χ0n) is 12.6. The highest BCUT2D eigenvalue weighted by molar-refractivity contribution is 5.83. The van der Waals surface area contributed by atoms with Gasteiger partial charge in [-0.2, -0.15) is 0 Å². The summed E-state index contributed by atoms with van der Waals surface area (Å²) in [6.07, 6.45) is 0.977. The molecule has 0 saturated heterocycles. The molecule has 0 aromatic heterocycles. The number of hydrogen-bond donors (Lipinski definition) is 2. The molecule has 0 unspecified atom stereocenters. The van der Waals surface area contributed by atoms with Crippen molar-refractivity contribution in [3.8, 4) is 5.75 Å². The first-order chi connectivity index (χ1) is 9.40. The molecule has 110 valence electrons. The summed E-state index contributed by atoms with van der Waals surface area (Å²) in [5.41, 5.74) is 4.30. The topological polar surface area (TPSA) is 67.6 Å². The normalized spacial score (nSPS) is 20.2. The molecule has 1 aromatic carbocycles. The molecule has 0 bridgehead atoms. The minimum atomic E-state index is -0.204. The highest BCUT2D eigenvalue weighted by Gasteiger charge is 2.38. The zero-order valence-corrected chi connectivity index (χ0v) is 12.6. The third-order valence-electron chi connectivity index (χ3n) is 4.05. The lowest BCUT2D eigenvalue weighted by Gasteiger charge is -2.47. The summed E-state index contributed by atoms with van der Waals surface area (Å²) in [5, 5.41) is 0. The van der Waals surface area contributed by atoms with E-state index in [9.17, 15) is 4.79 Å². The quantitative estimate of drug-likeness (QED) is 0.502. The van der Waals surface area contributed by atoms with Crippen molar-refractivity contribution in [2.24, 2.45) is 5.84 Å². The van der Waals surface area contributed by atoms with Gasteiger partial charge in [0.1, 0.15) is 5.75 Å². The standard InChI is InChI=1S/C15H23N3O2/c1-10-8-15(2,3)18(9-13(19)17-16)14-11(10)6-5-7-12(14)20-4/h5-7,10H,8-9,16H2,1-4H3,(H,17,19)/t10-/m0/s1. The highest BCUT2D eigenvalue weighted by Crippen LogP contribution is 2.47. The van der Waals surface area contributed by atoms with Crippen LogP contribution in [0.5, 0.6) is 5.75 Å². The molecule has 1 atom stereocenters. The van der Waals surface area contributed by atoms with E-state index in [1.807, 2.05) is 12.1 Å². The molecule has 0 radical (unpaired) electrons. The van der Waals surface area contributed by atoms with Crippen LogP contribution in [0.2, 0.25) is 0 Å². The van der Waals surface area contributed by atoms with Gasteiger partial charge in [0.25, 0.3) is 5.91 Å². The molecule has 0 spiro atoms. The van der Waals surface area contributed by atoms with Gasteiger partial charge in [0.2, 0.25) is 0 Å². The van der Waals surface area contributed by atoms with Crippen molar-refractivity contribution in [3.05, 3.63) is 23.8 Å². The molecule has 2 rings (SSSR count). The molecule has 0 saturated carbocycles. The summed E-state index contributed by atoms with van der Waals surface area (Å²) in [4.78, 5) is 13.8. The molecule has 3 N–H and O–H groups in total. The lowest BCUT2D eigenvalue weighted by atomic mass is 9.80. The lowest BCUT2D eigenvalue weighted by molar-refractivity contribution is -0.120. The number of ether oxygens (including phenoxy) is 1. The van der Waals surface area contributed by atoms with Gasteiger partial charge in [-0.15, -0.1) is 0 Å². The predicted molar refractivity (Wildman–Crippen MR) is 79.8 cm³/mol. The Balaban J connectivity index is 2.54. The SMILES string of the molecule is COc1cccc2c1N(CC(=O)NN)C(C)(C)C[C@@H]2C. The first-order valence-corrected chi connectivity index (χ1v) is 6.84. The fourth-order valence-electron chi connectivity index (χ4n) is 3.14. The summed E-state index contributed by atoms with van der Waals surface area (Å²) in [6.45, 7) is 6.72. The molecule has 20 heavy (non-hydrogen) atoms. The molecule has 1 heterocycles. The Morgan fingerprint density at radius 1 is 1.55 bits per heavy atom.